The monoisotopic (exact) mass is 302 g/mol. The van der Waals surface area contributed by atoms with E-state index in [1.165, 1.54) is 0 Å². The topological polar surface area (TPSA) is 59.3 Å². The van der Waals surface area contributed by atoms with Crippen molar-refractivity contribution in [2.24, 2.45) is 7.05 Å². The lowest BCUT2D eigenvalue weighted by atomic mass is 10.2. The third kappa shape index (κ3) is 2.82. The summed E-state index contributed by atoms with van der Waals surface area (Å²) >= 11 is 0. The van der Waals surface area contributed by atoms with E-state index in [1.807, 2.05) is 51.4 Å². The quantitative estimate of drug-likeness (QED) is 0.928. The zero-order chi connectivity index (χ0) is 16.4. The van der Waals surface area contributed by atoms with Gasteiger partial charge in [-0.3, -0.25) is 19.2 Å². The fourth-order valence-corrected chi connectivity index (χ4v) is 2.17. The molecule has 1 heterocycles. The molecule has 2 aromatic rings. The van der Waals surface area contributed by atoms with E-state index in [4.69, 9.17) is 0 Å². The Morgan fingerprint density at radius 2 is 1.82 bits per heavy atom. The van der Waals surface area contributed by atoms with Gasteiger partial charge >= 0.3 is 0 Å². The summed E-state index contributed by atoms with van der Waals surface area (Å²) in [7, 11) is 5.45. The van der Waals surface area contributed by atoms with Crippen LogP contribution in [-0.4, -0.2) is 40.3 Å². The fraction of sp³-hybridized carbons (Fsp3) is 0.375. The van der Waals surface area contributed by atoms with Crippen molar-refractivity contribution < 1.29 is 4.79 Å². The van der Waals surface area contributed by atoms with Gasteiger partial charge in [-0.25, -0.2) is 4.68 Å². The summed E-state index contributed by atoms with van der Waals surface area (Å²) in [6.07, 6.45) is 0. The zero-order valence-corrected chi connectivity index (χ0v) is 13.6. The minimum Gasteiger partial charge on any atom is -0.319 e. The molecule has 2 rings (SSSR count). The summed E-state index contributed by atoms with van der Waals surface area (Å²) in [5.74, 6) is -0.198. The normalized spacial score (nSPS) is 12.5. The van der Waals surface area contributed by atoms with E-state index in [1.54, 1.807) is 28.2 Å². The van der Waals surface area contributed by atoms with Crippen LogP contribution in [0.1, 0.15) is 12.6 Å². The highest BCUT2D eigenvalue weighted by atomic mass is 16.2. The number of aromatic nitrogens is 2. The van der Waals surface area contributed by atoms with Crippen molar-refractivity contribution >= 4 is 11.6 Å². The number of nitrogens with zero attached hydrogens (tertiary/aromatic N) is 3. The highest BCUT2D eigenvalue weighted by molar-refractivity contribution is 5.94. The van der Waals surface area contributed by atoms with Gasteiger partial charge in [0.2, 0.25) is 5.91 Å². The van der Waals surface area contributed by atoms with Crippen LogP contribution in [0, 0.1) is 6.92 Å². The first-order valence-corrected chi connectivity index (χ1v) is 7.16. The number of hydrogen-bond acceptors (Lipinski definition) is 3. The predicted molar refractivity (Wildman–Crippen MR) is 87.5 cm³/mol. The molecular weight excluding hydrogens is 280 g/mol. The van der Waals surface area contributed by atoms with Crippen LogP contribution < -0.4 is 10.9 Å². The molecule has 118 valence electrons. The summed E-state index contributed by atoms with van der Waals surface area (Å²) in [6.45, 7) is 3.61. The van der Waals surface area contributed by atoms with E-state index in [-0.39, 0.29) is 17.5 Å². The van der Waals surface area contributed by atoms with E-state index in [9.17, 15) is 9.59 Å². The van der Waals surface area contributed by atoms with Gasteiger partial charge in [0.25, 0.3) is 5.56 Å². The van der Waals surface area contributed by atoms with Gasteiger partial charge in [0, 0.05) is 7.05 Å². The Morgan fingerprint density at radius 3 is 2.36 bits per heavy atom. The van der Waals surface area contributed by atoms with Crippen LogP contribution in [-0.2, 0) is 11.8 Å². The fourth-order valence-electron chi connectivity index (χ4n) is 2.17. The van der Waals surface area contributed by atoms with E-state index in [0.717, 1.165) is 5.69 Å². The SMILES string of the molecule is Cc1c(NC(=O)[C@@H](C)N(C)C)c(=O)n(-c2ccccc2)n1C. The maximum atomic E-state index is 12.7. The van der Waals surface area contributed by atoms with E-state index in [0.29, 0.717) is 11.4 Å². The first-order chi connectivity index (χ1) is 10.3. The van der Waals surface area contributed by atoms with E-state index >= 15 is 0 Å². The molecule has 22 heavy (non-hydrogen) atoms. The van der Waals surface area contributed by atoms with Gasteiger partial charge in [-0.05, 0) is 40.1 Å². The number of benzene rings is 1. The summed E-state index contributed by atoms with van der Waals surface area (Å²) in [4.78, 5) is 26.7. The molecule has 1 amide bonds. The first kappa shape index (κ1) is 16.0. The lowest BCUT2D eigenvalue weighted by molar-refractivity contribution is -0.119. The molecule has 1 aromatic heterocycles. The van der Waals surface area contributed by atoms with Gasteiger partial charge in [0.1, 0.15) is 5.69 Å². The van der Waals surface area contributed by atoms with Crippen molar-refractivity contribution in [3.05, 3.63) is 46.4 Å². The van der Waals surface area contributed by atoms with Crippen molar-refractivity contribution in [3.63, 3.8) is 0 Å². The minimum atomic E-state index is -0.316. The maximum absolute atomic E-state index is 12.7. The Labute approximate surface area is 129 Å². The summed E-state index contributed by atoms with van der Waals surface area (Å²) in [5.41, 5.74) is 1.57. The molecule has 0 bridgehead atoms. The third-order valence-electron chi connectivity index (χ3n) is 3.96. The van der Waals surface area contributed by atoms with Crippen LogP contribution in [0.4, 0.5) is 5.69 Å². The lowest BCUT2D eigenvalue weighted by Gasteiger charge is -2.18. The zero-order valence-electron chi connectivity index (χ0n) is 13.6. The van der Waals surface area contributed by atoms with E-state index in [2.05, 4.69) is 5.32 Å². The molecule has 1 aromatic carbocycles. The van der Waals surface area contributed by atoms with Crippen molar-refractivity contribution in [2.45, 2.75) is 19.9 Å². The number of para-hydroxylation sites is 1. The van der Waals surface area contributed by atoms with Gasteiger partial charge in [-0.15, -0.1) is 0 Å². The molecule has 6 heteroatoms. The molecule has 6 nitrogen and oxygen atoms in total. The Kier molecular flexibility index (Phi) is 4.51. The second-order valence-electron chi connectivity index (χ2n) is 5.57. The number of carbonyl (C=O) groups is 1. The van der Waals surface area contributed by atoms with Gasteiger partial charge in [0.05, 0.1) is 17.4 Å². The molecule has 0 aliphatic carbocycles. The van der Waals surface area contributed by atoms with Crippen LogP contribution >= 0.6 is 0 Å². The summed E-state index contributed by atoms with van der Waals surface area (Å²) in [5, 5.41) is 2.76. The van der Waals surface area contributed by atoms with Crippen molar-refractivity contribution in [2.75, 3.05) is 19.4 Å². The average molecular weight is 302 g/mol. The number of nitrogens with one attached hydrogen (secondary N) is 1. The lowest BCUT2D eigenvalue weighted by Crippen LogP contribution is -2.38. The molecule has 0 unspecified atom stereocenters. The van der Waals surface area contributed by atoms with Gasteiger partial charge in [-0.2, -0.15) is 0 Å². The van der Waals surface area contributed by atoms with Crippen LogP contribution in [0.5, 0.6) is 0 Å². The smallest absolute Gasteiger partial charge is 0.295 e. The Bertz CT molecular complexity index is 729. The molecule has 0 saturated heterocycles. The van der Waals surface area contributed by atoms with Crippen molar-refractivity contribution in [3.8, 4) is 5.69 Å². The molecule has 0 aliphatic heterocycles. The Balaban J connectivity index is 2.44. The largest absolute Gasteiger partial charge is 0.319 e. The second kappa shape index (κ2) is 6.19. The average Bonchev–Trinajstić information content (AvgIpc) is 2.71. The number of anilines is 1. The first-order valence-electron chi connectivity index (χ1n) is 7.16. The van der Waals surface area contributed by atoms with Crippen LogP contribution in [0.25, 0.3) is 5.69 Å². The summed E-state index contributed by atoms with van der Waals surface area (Å²) < 4.78 is 3.29. The number of amides is 1. The van der Waals surface area contributed by atoms with Crippen molar-refractivity contribution in [1.82, 2.24) is 14.3 Å². The highest BCUT2D eigenvalue weighted by Gasteiger charge is 2.21. The van der Waals surface area contributed by atoms with Crippen LogP contribution in [0.2, 0.25) is 0 Å². The van der Waals surface area contributed by atoms with Crippen LogP contribution in [0.15, 0.2) is 35.1 Å². The van der Waals surface area contributed by atoms with Crippen LogP contribution in [0.3, 0.4) is 0 Å². The molecule has 0 radical (unpaired) electrons. The highest BCUT2D eigenvalue weighted by Crippen LogP contribution is 2.14. The Morgan fingerprint density at radius 1 is 1.23 bits per heavy atom. The maximum Gasteiger partial charge on any atom is 0.295 e. The molecule has 0 saturated carbocycles. The molecule has 0 aliphatic rings. The van der Waals surface area contributed by atoms with Gasteiger partial charge in [-0.1, -0.05) is 18.2 Å². The Hall–Kier alpha value is -2.34. The standard InChI is InChI=1S/C16H22N4O2/c1-11-14(17-15(21)12(2)18(3)4)16(22)20(19(11)5)13-9-7-6-8-10-13/h6-10,12H,1-5H3,(H,17,21)/t12-/m1/s1. The molecule has 1 N–H and O–H groups in total. The molecule has 0 fully saturated rings. The molecule has 1 atom stereocenters. The minimum absolute atomic E-state index is 0.198. The van der Waals surface area contributed by atoms with E-state index < -0.39 is 0 Å². The summed E-state index contributed by atoms with van der Waals surface area (Å²) in [6, 6.07) is 9.03. The molecular formula is C16H22N4O2. The second-order valence-corrected chi connectivity index (χ2v) is 5.57. The van der Waals surface area contributed by atoms with Gasteiger partial charge in [0.15, 0.2) is 0 Å². The molecule has 0 spiro atoms. The van der Waals surface area contributed by atoms with Gasteiger partial charge < -0.3 is 5.32 Å². The number of likely N-dealkylation sites (N-methyl/N-ethyl adjacent to an activating group) is 1. The number of carbonyl (C=O) groups excluding carboxylic acids is 1. The third-order valence-corrected chi connectivity index (χ3v) is 3.96. The number of hydrogen-bond donors (Lipinski definition) is 1. The van der Waals surface area contributed by atoms with Crippen molar-refractivity contribution in [1.29, 1.82) is 0 Å². The number of rotatable bonds is 4. The predicted octanol–water partition coefficient (Wildman–Crippen LogP) is 1.37.